The molecule has 7 aromatic rings. The van der Waals surface area contributed by atoms with Crippen LogP contribution in [0.3, 0.4) is 0 Å². The second kappa shape index (κ2) is 10.4. The molecular weight excluding hydrogens is 591 g/mol. The highest BCUT2D eigenvalue weighted by Gasteiger charge is 2.61. The van der Waals surface area contributed by atoms with Crippen LogP contribution in [0.5, 0.6) is 0 Å². The lowest BCUT2D eigenvalue weighted by Gasteiger charge is -2.61. The number of para-hydroxylation sites is 1. The molecule has 0 heterocycles. The lowest BCUT2D eigenvalue weighted by molar-refractivity contribution is -0.0399. The Labute approximate surface area is 288 Å². The predicted octanol–water partition coefficient (Wildman–Crippen LogP) is 12.9. The van der Waals surface area contributed by atoms with E-state index in [-0.39, 0.29) is 5.41 Å². The number of rotatable bonds is 4. The first kappa shape index (κ1) is 27.8. The number of benzene rings is 7. The minimum absolute atomic E-state index is 0.191. The van der Waals surface area contributed by atoms with Crippen molar-refractivity contribution in [3.63, 3.8) is 0 Å². The fraction of sp³-hybridized carbons (Fsp3) is 0.208. The molecule has 0 unspecified atom stereocenters. The summed E-state index contributed by atoms with van der Waals surface area (Å²) in [5, 5.41) is 5.09. The lowest BCUT2D eigenvalue weighted by atomic mass is 9.43. The lowest BCUT2D eigenvalue weighted by Crippen LogP contribution is -2.55. The third-order valence-electron chi connectivity index (χ3n) is 13.0. The van der Waals surface area contributed by atoms with Gasteiger partial charge in [0, 0.05) is 22.2 Å². The summed E-state index contributed by atoms with van der Waals surface area (Å²) < 4.78 is 0. The molecule has 4 saturated carbocycles. The fourth-order valence-electron chi connectivity index (χ4n) is 11.4. The SMILES string of the molecule is c1ccc(N(c2ccc(-c3ccc4c(c3)C3(c5ccccc5-4)C4CC5CC(C4)CC3C5)cc2)c2cc3ccccc3c3ccccc23)cc1. The van der Waals surface area contributed by atoms with Gasteiger partial charge >= 0.3 is 0 Å². The molecule has 7 aromatic carbocycles. The summed E-state index contributed by atoms with van der Waals surface area (Å²) in [6.07, 6.45) is 7.15. The number of hydrogen-bond donors (Lipinski definition) is 0. The van der Waals surface area contributed by atoms with Gasteiger partial charge < -0.3 is 4.90 Å². The molecule has 0 aliphatic heterocycles. The van der Waals surface area contributed by atoms with E-state index in [4.69, 9.17) is 0 Å². The fourth-order valence-corrected chi connectivity index (χ4v) is 11.4. The van der Waals surface area contributed by atoms with Crippen molar-refractivity contribution >= 4 is 38.6 Å². The molecular formula is C48H39N. The summed E-state index contributed by atoms with van der Waals surface area (Å²) in [4.78, 5) is 2.43. The van der Waals surface area contributed by atoms with E-state index < -0.39 is 0 Å². The van der Waals surface area contributed by atoms with E-state index >= 15 is 0 Å². The summed E-state index contributed by atoms with van der Waals surface area (Å²) in [6, 6.07) is 57.0. The molecule has 0 N–H and O–H groups in total. The highest BCUT2D eigenvalue weighted by molar-refractivity contribution is 6.14. The normalized spacial score (nSPS) is 24.4. The molecule has 4 bridgehead atoms. The third-order valence-corrected chi connectivity index (χ3v) is 13.0. The van der Waals surface area contributed by atoms with E-state index in [0.717, 1.165) is 29.4 Å². The maximum Gasteiger partial charge on any atom is 0.0546 e. The smallest absolute Gasteiger partial charge is 0.0546 e. The Bertz CT molecular complexity index is 2370. The second-order valence-corrected chi connectivity index (χ2v) is 15.4. The Morgan fingerprint density at radius 1 is 0.429 bits per heavy atom. The van der Waals surface area contributed by atoms with Crippen LogP contribution in [0.15, 0.2) is 152 Å². The first-order valence-corrected chi connectivity index (χ1v) is 18.4. The molecule has 12 rings (SSSR count). The van der Waals surface area contributed by atoms with Gasteiger partial charge in [-0.15, -0.1) is 0 Å². The van der Waals surface area contributed by atoms with Crippen LogP contribution >= 0.6 is 0 Å². The molecule has 5 aliphatic rings. The number of anilines is 3. The maximum atomic E-state index is 2.61. The molecule has 0 radical (unpaired) electrons. The van der Waals surface area contributed by atoms with Crippen LogP contribution in [-0.4, -0.2) is 0 Å². The average Bonchev–Trinajstić information content (AvgIpc) is 3.44. The van der Waals surface area contributed by atoms with E-state index in [0.29, 0.717) is 0 Å². The van der Waals surface area contributed by atoms with Crippen LogP contribution in [0.1, 0.15) is 43.2 Å². The zero-order chi connectivity index (χ0) is 32.1. The van der Waals surface area contributed by atoms with Crippen molar-refractivity contribution in [3.8, 4) is 22.3 Å². The summed E-state index contributed by atoms with van der Waals surface area (Å²) >= 11 is 0. The number of nitrogens with zero attached hydrogens (tertiary/aromatic N) is 1. The van der Waals surface area contributed by atoms with Crippen LogP contribution < -0.4 is 4.90 Å². The summed E-state index contributed by atoms with van der Waals surface area (Å²) in [5.41, 5.74) is 12.6. The standard InChI is InChI=1S/C48H39N/c1-2-11-38(12-3-1)49(47-30-35-10-4-5-13-40(35)41-14-6-7-16-44(41)47)39-21-18-33(19-22-39)34-20-23-43-42-15-8-9-17-45(42)48(46(43)29-34)36-25-31-24-32(27-36)28-37(48)26-31/h1-23,29-32,36-37H,24-28H2. The van der Waals surface area contributed by atoms with Crippen molar-refractivity contribution < 1.29 is 0 Å². The van der Waals surface area contributed by atoms with Gasteiger partial charge in [0.05, 0.1) is 5.69 Å². The zero-order valence-corrected chi connectivity index (χ0v) is 27.7. The number of hydrogen-bond acceptors (Lipinski definition) is 1. The van der Waals surface area contributed by atoms with Gasteiger partial charge in [0.1, 0.15) is 0 Å². The molecule has 0 amide bonds. The monoisotopic (exact) mass is 629 g/mol. The maximum absolute atomic E-state index is 2.61. The van der Waals surface area contributed by atoms with Crippen molar-refractivity contribution in [2.75, 3.05) is 4.90 Å². The van der Waals surface area contributed by atoms with Gasteiger partial charge in [-0.1, -0.05) is 115 Å². The summed E-state index contributed by atoms with van der Waals surface area (Å²) in [6.45, 7) is 0. The second-order valence-electron chi connectivity index (χ2n) is 15.4. The van der Waals surface area contributed by atoms with Crippen LogP contribution in [0.2, 0.25) is 0 Å². The molecule has 0 saturated heterocycles. The van der Waals surface area contributed by atoms with E-state index in [2.05, 4.69) is 157 Å². The molecule has 49 heavy (non-hydrogen) atoms. The van der Waals surface area contributed by atoms with Gasteiger partial charge in [-0.2, -0.15) is 0 Å². The molecule has 0 atom stereocenters. The van der Waals surface area contributed by atoms with Crippen LogP contribution in [0.25, 0.3) is 43.8 Å². The molecule has 0 aromatic heterocycles. The van der Waals surface area contributed by atoms with E-state index in [9.17, 15) is 0 Å². The van der Waals surface area contributed by atoms with Crippen LogP contribution in [0.4, 0.5) is 17.1 Å². The molecule has 236 valence electrons. The van der Waals surface area contributed by atoms with E-state index in [1.807, 2.05) is 0 Å². The summed E-state index contributed by atoms with van der Waals surface area (Å²) in [7, 11) is 0. The molecule has 1 nitrogen and oxygen atoms in total. The quantitative estimate of drug-likeness (QED) is 0.175. The molecule has 1 spiro atoms. The molecule has 5 aliphatic carbocycles. The minimum Gasteiger partial charge on any atom is -0.310 e. The first-order valence-electron chi connectivity index (χ1n) is 18.4. The highest BCUT2D eigenvalue weighted by atomic mass is 15.1. The van der Waals surface area contributed by atoms with E-state index in [1.54, 1.807) is 11.1 Å². The largest absolute Gasteiger partial charge is 0.310 e. The Morgan fingerprint density at radius 2 is 1.02 bits per heavy atom. The van der Waals surface area contributed by atoms with Crippen molar-refractivity contribution in [2.24, 2.45) is 23.7 Å². The Balaban J connectivity index is 1.04. The first-order chi connectivity index (χ1) is 24.3. The topological polar surface area (TPSA) is 3.24 Å². The Hall–Kier alpha value is -5.14. The molecule has 1 heteroatoms. The zero-order valence-electron chi connectivity index (χ0n) is 27.7. The van der Waals surface area contributed by atoms with Crippen molar-refractivity contribution in [3.05, 3.63) is 163 Å². The van der Waals surface area contributed by atoms with Crippen molar-refractivity contribution in [1.82, 2.24) is 0 Å². The minimum atomic E-state index is 0.191. The van der Waals surface area contributed by atoms with Gasteiger partial charge in [0.25, 0.3) is 0 Å². The van der Waals surface area contributed by atoms with Crippen molar-refractivity contribution in [2.45, 2.75) is 37.5 Å². The third kappa shape index (κ3) is 3.93. The van der Waals surface area contributed by atoms with Crippen LogP contribution in [0, 0.1) is 23.7 Å². The Morgan fingerprint density at radius 3 is 1.80 bits per heavy atom. The van der Waals surface area contributed by atoms with Gasteiger partial charge in [-0.3, -0.25) is 0 Å². The molecule has 4 fully saturated rings. The highest BCUT2D eigenvalue weighted by Crippen LogP contribution is 2.69. The van der Waals surface area contributed by atoms with Gasteiger partial charge in [-0.05, 0) is 142 Å². The van der Waals surface area contributed by atoms with Gasteiger partial charge in [-0.25, -0.2) is 0 Å². The number of fused-ring (bicyclic) bond motifs is 6. The van der Waals surface area contributed by atoms with Gasteiger partial charge in [0.15, 0.2) is 0 Å². The van der Waals surface area contributed by atoms with Gasteiger partial charge in [0.2, 0.25) is 0 Å². The predicted molar refractivity (Wildman–Crippen MR) is 205 cm³/mol. The van der Waals surface area contributed by atoms with E-state index in [1.165, 1.54) is 87.3 Å². The van der Waals surface area contributed by atoms with Crippen molar-refractivity contribution in [1.29, 1.82) is 0 Å². The summed E-state index contributed by atoms with van der Waals surface area (Å²) in [5.74, 6) is 3.46. The average molecular weight is 630 g/mol. The van der Waals surface area contributed by atoms with Crippen LogP contribution in [-0.2, 0) is 5.41 Å². The Kier molecular flexibility index (Phi) is 5.91.